The summed E-state index contributed by atoms with van der Waals surface area (Å²) in [4.78, 5) is 22.0. The molecule has 0 amide bonds. The van der Waals surface area contributed by atoms with Crippen LogP contribution >= 0.6 is 11.6 Å². The minimum Gasteiger partial charge on any atom is -0.482 e. The lowest BCUT2D eigenvalue weighted by Gasteiger charge is -2.07. The summed E-state index contributed by atoms with van der Waals surface area (Å²) in [5.74, 6) is -0.0301. The molecule has 1 aromatic heterocycles. The van der Waals surface area contributed by atoms with Crippen molar-refractivity contribution < 1.29 is 19.2 Å². The quantitative estimate of drug-likeness (QED) is 0.671. The molecule has 0 spiro atoms. The highest BCUT2D eigenvalue weighted by Gasteiger charge is 2.17. The largest absolute Gasteiger partial charge is 0.482 e. The Labute approximate surface area is 123 Å². The summed E-state index contributed by atoms with van der Waals surface area (Å²) in [6.07, 6.45) is 1.04. The van der Waals surface area contributed by atoms with E-state index in [4.69, 9.17) is 25.9 Å². The van der Waals surface area contributed by atoms with Crippen molar-refractivity contribution >= 4 is 17.3 Å². The highest BCUT2D eigenvalue weighted by Crippen LogP contribution is 2.27. The van der Waals surface area contributed by atoms with Crippen molar-refractivity contribution in [2.45, 2.75) is 13.2 Å². The van der Waals surface area contributed by atoms with Gasteiger partial charge in [-0.2, -0.15) is 0 Å². The molecule has 0 fully saturated rings. The number of nitro groups is 1. The number of ether oxygens (including phenoxy) is 1. The van der Waals surface area contributed by atoms with Crippen LogP contribution in [0.15, 0.2) is 39.7 Å². The molecule has 0 saturated heterocycles. The van der Waals surface area contributed by atoms with E-state index in [1.165, 1.54) is 18.2 Å². The molecule has 21 heavy (non-hydrogen) atoms. The minimum absolute atomic E-state index is 0.0936. The van der Waals surface area contributed by atoms with Gasteiger partial charge in [-0.05, 0) is 6.07 Å². The number of rotatable bonds is 5. The number of hydrogen-bond acceptors (Lipinski definition) is 6. The smallest absolute Gasteiger partial charge is 0.277 e. The number of nitro benzene ring substituents is 1. The fourth-order valence-electron chi connectivity index (χ4n) is 1.64. The predicted molar refractivity (Wildman–Crippen MR) is 73.3 cm³/mol. The molecule has 7 nitrogen and oxygen atoms in total. The van der Waals surface area contributed by atoms with E-state index in [0.29, 0.717) is 0 Å². The third-order valence-electron chi connectivity index (χ3n) is 2.67. The first-order valence-electron chi connectivity index (χ1n) is 5.80. The highest BCUT2D eigenvalue weighted by atomic mass is 35.5. The van der Waals surface area contributed by atoms with Crippen molar-refractivity contribution in [1.82, 2.24) is 0 Å². The second-order valence-electron chi connectivity index (χ2n) is 4.02. The van der Waals surface area contributed by atoms with Crippen LogP contribution in [0.25, 0.3) is 0 Å². The van der Waals surface area contributed by atoms with Gasteiger partial charge in [0.15, 0.2) is 0 Å². The number of halogens is 1. The van der Waals surface area contributed by atoms with E-state index >= 15 is 0 Å². The first-order chi connectivity index (χ1) is 10.0. The average Bonchev–Trinajstić information content (AvgIpc) is 2.46. The van der Waals surface area contributed by atoms with Gasteiger partial charge < -0.3 is 14.3 Å². The monoisotopic (exact) mass is 311 g/mol. The van der Waals surface area contributed by atoms with Crippen LogP contribution in [0.2, 0.25) is 5.02 Å². The maximum absolute atomic E-state index is 11.7. The second-order valence-corrected chi connectivity index (χ2v) is 4.42. The molecule has 2 rings (SSSR count). The Balaban J connectivity index is 2.25. The predicted octanol–water partition coefficient (Wildman–Crippen LogP) is 2.27. The van der Waals surface area contributed by atoms with Crippen LogP contribution in [0.4, 0.5) is 5.69 Å². The molecule has 0 bridgehead atoms. The normalized spacial score (nSPS) is 10.4. The van der Waals surface area contributed by atoms with Crippen molar-refractivity contribution in [3.8, 4) is 5.75 Å². The number of aliphatic hydroxyl groups is 1. The fraction of sp³-hybridized carbons (Fsp3) is 0.154. The summed E-state index contributed by atoms with van der Waals surface area (Å²) in [7, 11) is 0. The zero-order valence-corrected chi connectivity index (χ0v) is 11.4. The van der Waals surface area contributed by atoms with Crippen molar-refractivity contribution in [2.75, 3.05) is 0 Å². The molecule has 1 heterocycles. The maximum atomic E-state index is 11.7. The summed E-state index contributed by atoms with van der Waals surface area (Å²) in [6.45, 7) is -0.662. The van der Waals surface area contributed by atoms with Gasteiger partial charge >= 0.3 is 0 Å². The third kappa shape index (κ3) is 3.39. The van der Waals surface area contributed by atoms with E-state index in [1.807, 2.05) is 0 Å². The van der Waals surface area contributed by atoms with Crippen LogP contribution in [0.3, 0.4) is 0 Å². The molecule has 1 N–H and O–H groups in total. The summed E-state index contributed by atoms with van der Waals surface area (Å²) in [6, 6.07) is 5.32. The van der Waals surface area contributed by atoms with Gasteiger partial charge in [0, 0.05) is 12.1 Å². The van der Waals surface area contributed by atoms with Crippen LogP contribution in [-0.2, 0) is 13.2 Å². The zero-order chi connectivity index (χ0) is 15.4. The molecule has 0 aliphatic carbocycles. The summed E-state index contributed by atoms with van der Waals surface area (Å²) in [5.41, 5.74) is -0.534. The Kier molecular flexibility index (Phi) is 4.56. The lowest BCUT2D eigenvalue weighted by atomic mass is 10.2. The van der Waals surface area contributed by atoms with E-state index in [1.54, 1.807) is 0 Å². The topological polar surface area (TPSA) is 103 Å². The molecule has 0 radical (unpaired) electrons. The summed E-state index contributed by atoms with van der Waals surface area (Å²) >= 11 is 5.91. The van der Waals surface area contributed by atoms with Gasteiger partial charge in [-0.3, -0.25) is 14.9 Å². The van der Waals surface area contributed by atoms with Crippen LogP contribution in [0.5, 0.6) is 5.75 Å². The Bertz CT molecular complexity index is 727. The maximum Gasteiger partial charge on any atom is 0.277 e. The van der Waals surface area contributed by atoms with Crippen LogP contribution in [0, 0.1) is 10.1 Å². The molecule has 0 unspecified atom stereocenters. The standard InChI is InChI=1S/C13H10ClNO6/c14-10-2-1-3-11(15(18)19)9(10)6-21-13-7-20-8(5-16)4-12(13)17/h1-4,7,16H,5-6H2. The Morgan fingerprint density at radius 1 is 1.43 bits per heavy atom. The summed E-state index contributed by atoms with van der Waals surface area (Å²) < 4.78 is 10.2. The number of benzene rings is 1. The van der Waals surface area contributed by atoms with Crippen LogP contribution < -0.4 is 10.2 Å². The van der Waals surface area contributed by atoms with E-state index < -0.39 is 17.0 Å². The average molecular weight is 312 g/mol. The fourth-order valence-corrected chi connectivity index (χ4v) is 1.86. The van der Waals surface area contributed by atoms with Crippen LogP contribution in [-0.4, -0.2) is 10.0 Å². The van der Waals surface area contributed by atoms with Gasteiger partial charge in [-0.25, -0.2) is 0 Å². The summed E-state index contributed by atoms with van der Waals surface area (Å²) in [5, 5.41) is 19.9. The van der Waals surface area contributed by atoms with Crippen molar-refractivity contribution in [1.29, 1.82) is 0 Å². The van der Waals surface area contributed by atoms with E-state index in [-0.39, 0.29) is 34.4 Å². The molecule has 1 aromatic carbocycles. The first kappa shape index (κ1) is 15.0. The van der Waals surface area contributed by atoms with E-state index in [2.05, 4.69) is 0 Å². The Hall–Kier alpha value is -2.38. The van der Waals surface area contributed by atoms with Gasteiger partial charge in [0.1, 0.15) is 25.2 Å². The Morgan fingerprint density at radius 3 is 2.81 bits per heavy atom. The molecule has 0 saturated carbocycles. The minimum atomic E-state index is -0.581. The number of nitrogens with zero attached hydrogens (tertiary/aromatic N) is 1. The van der Waals surface area contributed by atoms with Gasteiger partial charge in [0.05, 0.1) is 15.5 Å². The molecule has 8 heteroatoms. The van der Waals surface area contributed by atoms with Crippen LogP contribution in [0.1, 0.15) is 11.3 Å². The second kappa shape index (κ2) is 6.38. The molecule has 0 aliphatic heterocycles. The molecular weight excluding hydrogens is 302 g/mol. The van der Waals surface area contributed by atoms with Gasteiger partial charge in [0.2, 0.25) is 11.2 Å². The van der Waals surface area contributed by atoms with Gasteiger partial charge in [-0.15, -0.1) is 0 Å². The lowest BCUT2D eigenvalue weighted by Crippen LogP contribution is -2.09. The molecular formula is C13H10ClNO6. The SMILES string of the molecule is O=c1cc(CO)occ1OCc1c(Cl)cccc1[N+](=O)[O-]. The van der Waals surface area contributed by atoms with E-state index in [9.17, 15) is 14.9 Å². The van der Waals surface area contributed by atoms with E-state index in [0.717, 1.165) is 12.3 Å². The molecule has 110 valence electrons. The highest BCUT2D eigenvalue weighted by molar-refractivity contribution is 6.31. The van der Waals surface area contributed by atoms with Crippen molar-refractivity contribution in [3.63, 3.8) is 0 Å². The third-order valence-corrected chi connectivity index (χ3v) is 3.03. The first-order valence-corrected chi connectivity index (χ1v) is 6.18. The Morgan fingerprint density at radius 2 is 2.19 bits per heavy atom. The number of hydrogen-bond donors (Lipinski definition) is 1. The molecule has 0 aliphatic rings. The van der Waals surface area contributed by atoms with Gasteiger partial charge in [0.25, 0.3) is 5.69 Å². The zero-order valence-electron chi connectivity index (χ0n) is 10.6. The van der Waals surface area contributed by atoms with Gasteiger partial charge in [-0.1, -0.05) is 17.7 Å². The lowest BCUT2D eigenvalue weighted by molar-refractivity contribution is -0.385. The van der Waals surface area contributed by atoms with Crippen molar-refractivity contribution in [2.24, 2.45) is 0 Å². The molecule has 0 atom stereocenters. The molecule has 2 aromatic rings. The van der Waals surface area contributed by atoms with Crippen molar-refractivity contribution in [3.05, 3.63) is 67.2 Å². The number of aliphatic hydroxyl groups excluding tert-OH is 1.